The molecule has 4 rings (SSSR count). The van der Waals surface area contributed by atoms with Gasteiger partial charge in [0.25, 0.3) is 0 Å². The number of amides is 2. The molecule has 12 heteroatoms. The maximum absolute atomic E-state index is 12.9. The van der Waals surface area contributed by atoms with Crippen LogP contribution in [0.1, 0.15) is 48.8 Å². The molecule has 0 bridgehead atoms. The third-order valence-corrected chi connectivity index (χ3v) is 8.02. The standard InChI is InChI=1S/C19H18ClF3N2O5S/c20-11-6-7-12(15(26)17(11)31(28,29)10-4-5-10)24-18(27)25-13-3-1-2-9-8-14(19(21,22)23)30-16(9)13/h6-8,10,13,26H,1-5H2,(H2,24,25,27). The maximum Gasteiger partial charge on any atom is 0.449 e. The highest BCUT2D eigenvalue weighted by molar-refractivity contribution is 7.92. The Hall–Kier alpha value is -2.40. The molecule has 2 aromatic rings. The highest BCUT2D eigenvalue weighted by Crippen LogP contribution is 2.44. The second-order valence-corrected chi connectivity index (χ2v) is 10.1. The number of alkyl halides is 3. The number of rotatable bonds is 4. The molecule has 7 nitrogen and oxygen atoms in total. The van der Waals surface area contributed by atoms with Gasteiger partial charge in [0.2, 0.25) is 5.76 Å². The first kappa shape index (κ1) is 21.8. The van der Waals surface area contributed by atoms with E-state index in [-0.39, 0.29) is 16.5 Å². The van der Waals surface area contributed by atoms with Crippen LogP contribution in [0.25, 0.3) is 0 Å². The van der Waals surface area contributed by atoms with Crippen molar-refractivity contribution in [3.8, 4) is 5.75 Å². The molecule has 0 saturated heterocycles. The Morgan fingerprint density at radius 1 is 1.23 bits per heavy atom. The zero-order valence-corrected chi connectivity index (χ0v) is 17.5. The summed E-state index contributed by atoms with van der Waals surface area (Å²) >= 11 is 5.97. The van der Waals surface area contributed by atoms with Crippen LogP contribution in [-0.2, 0) is 22.4 Å². The van der Waals surface area contributed by atoms with Crippen molar-refractivity contribution in [2.24, 2.45) is 0 Å². The number of benzene rings is 1. The number of anilines is 1. The van der Waals surface area contributed by atoms with Crippen LogP contribution < -0.4 is 10.6 Å². The second-order valence-electron chi connectivity index (χ2n) is 7.56. The van der Waals surface area contributed by atoms with Crippen LogP contribution in [-0.4, -0.2) is 24.8 Å². The van der Waals surface area contributed by atoms with E-state index in [9.17, 15) is 31.5 Å². The van der Waals surface area contributed by atoms with E-state index in [1.54, 1.807) is 0 Å². The summed E-state index contributed by atoms with van der Waals surface area (Å²) in [6.45, 7) is 0. The lowest BCUT2D eigenvalue weighted by molar-refractivity contribution is -0.153. The van der Waals surface area contributed by atoms with Gasteiger partial charge in [0, 0.05) is 0 Å². The van der Waals surface area contributed by atoms with E-state index in [1.807, 2.05) is 0 Å². The van der Waals surface area contributed by atoms with Gasteiger partial charge in [-0.05, 0) is 55.9 Å². The third-order valence-electron chi connectivity index (χ3n) is 5.26. The predicted octanol–water partition coefficient (Wildman–Crippen LogP) is 4.79. The second kappa shape index (κ2) is 7.63. The van der Waals surface area contributed by atoms with Crippen molar-refractivity contribution >= 4 is 33.2 Å². The van der Waals surface area contributed by atoms with Crippen LogP contribution in [0.2, 0.25) is 5.02 Å². The fourth-order valence-electron chi connectivity index (χ4n) is 3.62. The quantitative estimate of drug-likeness (QED) is 0.547. The van der Waals surface area contributed by atoms with Gasteiger partial charge < -0.3 is 20.2 Å². The maximum atomic E-state index is 12.9. The molecular formula is C19H18ClF3N2O5S. The molecule has 1 aromatic heterocycles. The number of hydrogen-bond donors (Lipinski definition) is 3. The van der Waals surface area contributed by atoms with E-state index < -0.39 is 49.7 Å². The third kappa shape index (κ3) is 4.20. The van der Waals surface area contributed by atoms with Gasteiger partial charge in [0.15, 0.2) is 15.6 Å². The lowest BCUT2D eigenvalue weighted by atomic mass is 9.94. The van der Waals surface area contributed by atoms with Gasteiger partial charge in [-0.3, -0.25) is 0 Å². The zero-order chi connectivity index (χ0) is 22.6. The first-order chi connectivity index (χ1) is 14.5. The van der Waals surface area contributed by atoms with Crippen LogP contribution in [0, 0.1) is 0 Å². The molecule has 31 heavy (non-hydrogen) atoms. The molecule has 1 fully saturated rings. The Morgan fingerprint density at radius 3 is 2.58 bits per heavy atom. The molecule has 1 saturated carbocycles. The molecule has 1 heterocycles. The van der Waals surface area contributed by atoms with Gasteiger partial charge in [-0.15, -0.1) is 0 Å². The Kier molecular flexibility index (Phi) is 5.37. The fourth-order valence-corrected chi connectivity index (χ4v) is 5.90. The van der Waals surface area contributed by atoms with Crippen molar-refractivity contribution in [2.45, 2.75) is 54.5 Å². The molecule has 0 spiro atoms. The first-order valence-electron chi connectivity index (χ1n) is 9.51. The predicted molar refractivity (Wildman–Crippen MR) is 105 cm³/mol. The number of nitrogens with one attached hydrogen (secondary N) is 2. The number of fused-ring (bicyclic) bond motifs is 1. The number of phenols is 1. The summed E-state index contributed by atoms with van der Waals surface area (Å²) in [7, 11) is -3.84. The van der Waals surface area contributed by atoms with Crippen molar-refractivity contribution < 1.29 is 35.9 Å². The Balaban J connectivity index is 1.54. The van der Waals surface area contributed by atoms with Gasteiger partial charge in [-0.1, -0.05) is 11.6 Å². The number of carbonyl (C=O) groups excluding carboxylic acids is 1. The number of carbonyl (C=O) groups is 1. The molecule has 2 aliphatic rings. The lowest BCUT2D eigenvalue weighted by Gasteiger charge is -2.22. The monoisotopic (exact) mass is 478 g/mol. The van der Waals surface area contributed by atoms with E-state index in [0.29, 0.717) is 37.7 Å². The summed E-state index contributed by atoms with van der Waals surface area (Å²) in [5.74, 6) is -1.78. The van der Waals surface area contributed by atoms with Crippen molar-refractivity contribution in [1.29, 1.82) is 0 Å². The minimum atomic E-state index is -4.64. The van der Waals surface area contributed by atoms with Crippen LogP contribution in [0.3, 0.4) is 0 Å². The zero-order valence-electron chi connectivity index (χ0n) is 15.9. The Bertz CT molecular complexity index is 1140. The number of hydrogen-bond acceptors (Lipinski definition) is 5. The largest absolute Gasteiger partial charge is 0.504 e. The van der Waals surface area contributed by atoms with E-state index in [1.165, 1.54) is 12.1 Å². The average Bonchev–Trinajstić information content (AvgIpc) is 3.43. The van der Waals surface area contributed by atoms with Crippen molar-refractivity contribution in [3.63, 3.8) is 0 Å². The fraction of sp³-hybridized carbons (Fsp3) is 0.421. The summed E-state index contributed by atoms with van der Waals surface area (Å²) < 4.78 is 68.9. The highest BCUT2D eigenvalue weighted by atomic mass is 35.5. The highest BCUT2D eigenvalue weighted by Gasteiger charge is 2.41. The van der Waals surface area contributed by atoms with E-state index in [0.717, 1.165) is 6.07 Å². The smallest absolute Gasteiger partial charge is 0.449 e. The lowest BCUT2D eigenvalue weighted by Crippen LogP contribution is -2.34. The van der Waals surface area contributed by atoms with E-state index in [2.05, 4.69) is 10.6 Å². The topological polar surface area (TPSA) is 109 Å². The number of halogens is 4. The summed E-state index contributed by atoms with van der Waals surface area (Å²) in [6.07, 6.45) is -2.41. The van der Waals surface area contributed by atoms with Crippen molar-refractivity contribution in [1.82, 2.24) is 5.32 Å². The Morgan fingerprint density at radius 2 is 1.94 bits per heavy atom. The van der Waals surface area contributed by atoms with Gasteiger partial charge in [0.05, 0.1) is 22.0 Å². The molecule has 3 N–H and O–H groups in total. The first-order valence-corrected chi connectivity index (χ1v) is 11.4. The minimum Gasteiger partial charge on any atom is -0.504 e. The molecule has 2 amide bonds. The summed E-state index contributed by atoms with van der Waals surface area (Å²) in [5, 5.41) is 14.5. The normalized spacial score (nSPS) is 19.0. The number of urea groups is 1. The molecule has 0 radical (unpaired) electrons. The SMILES string of the molecule is O=C(Nc1ccc(Cl)c(S(=O)(=O)C2CC2)c1O)NC1CCCc2cc(C(F)(F)F)oc21. The van der Waals surface area contributed by atoms with Crippen molar-refractivity contribution in [2.75, 3.05) is 5.32 Å². The molecule has 0 aliphatic heterocycles. The van der Waals surface area contributed by atoms with Crippen LogP contribution in [0.5, 0.6) is 5.75 Å². The summed E-state index contributed by atoms with van der Waals surface area (Å²) in [6, 6.07) is 1.78. The molecule has 1 aromatic carbocycles. The van der Waals surface area contributed by atoms with Gasteiger partial charge >= 0.3 is 12.2 Å². The van der Waals surface area contributed by atoms with E-state index in [4.69, 9.17) is 16.0 Å². The van der Waals surface area contributed by atoms with Crippen LogP contribution in [0.15, 0.2) is 27.5 Å². The summed E-state index contributed by atoms with van der Waals surface area (Å²) in [4.78, 5) is 12.0. The van der Waals surface area contributed by atoms with E-state index >= 15 is 0 Å². The molecular weight excluding hydrogens is 461 g/mol. The molecule has 168 valence electrons. The number of sulfone groups is 1. The molecule has 2 aliphatic carbocycles. The Labute approximate surface area is 180 Å². The van der Waals surface area contributed by atoms with Crippen LogP contribution >= 0.6 is 11.6 Å². The van der Waals surface area contributed by atoms with Gasteiger partial charge in [-0.25, -0.2) is 13.2 Å². The van der Waals surface area contributed by atoms with Gasteiger partial charge in [-0.2, -0.15) is 13.2 Å². The average molecular weight is 479 g/mol. The molecule has 1 atom stereocenters. The number of aryl methyl sites for hydroxylation is 1. The van der Waals surface area contributed by atoms with Crippen LogP contribution in [0.4, 0.5) is 23.7 Å². The number of furan rings is 1. The molecule has 1 unspecified atom stereocenters. The van der Waals surface area contributed by atoms with Gasteiger partial charge in [0.1, 0.15) is 10.7 Å². The minimum absolute atomic E-state index is 0.0334. The van der Waals surface area contributed by atoms with Crippen molar-refractivity contribution in [3.05, 3.63) is 40.3 Å². The number of phenolic OH excluding ortho intramolecular Hbond substituents is 1. The number of aromatic hydroxyl groups is 1. The summed E-state index contributed by atoms with van der Waals surface area (Å²) in [5.41, 5.74) is 0.184.